The van der Waals surface area contributed by atoms with Gasteiger partial charge in [0, 0.05) is 5.56 Å². The Balaban J connectivity index is 1.86. The molecule has 0 spiro atoms. The highest BCUT2D eigenvalue weighted by Gasteiger charge is 2.46. The SMILES string of the molecule is CC(C)C1NC([C@H](O)[C@H](Cc2ccccc2)NC(=O)OC(C)(C)C)C(=O)N1Cc1ccc(C(F)(F)F)cc1F. The Morgan fingerprint density at radius 3 is 2.31 bits per heavy atom. The summed E-state index contributed by atoms with van der Waals surface area (Å²) in [4.78, 5) is 27.4. The molecule has 0 aromatic heterocycles. The molecule has 1 saturated heterocycles. The van der Waals surface area contributed by atoms with Crippen LogP contribution in [0.2, 0.25) is 0 Å². The molecule has 2 unspecified atom stereocenters. The summed E-state index contributed by atoms with van der Waals surface area (Å²) in [7, 11) is 0. The van der Waals surface area contributed by atoms with Crippen LogP contribution in [0, 0.1) is 11.7 Å². The van der Waals surface area contributed by atoms with Crippen LogP contribution in [0.3, 0.4) is 0 Å². The molecule has 214 valence electrons. The summed E-state index contributed by atoms with van der Waals surface area (Å²) in [6, 6.07) is 9.15. The number of alkyl halides is 3. The van der Waals surface area contributed by atoms with E-state index in [1.165, 1.54) is 4.90 Å². The Morgan fingerprint density at radius 1 is 1.13 bits per heavy atom. The maximum Gasteiger partial charge on any atom is 0.416 e. The van der Waals surface area contributed by atoms with Gasteiger partial charge in [0.05, 0.1) is 30.4 Å². The van der Waals surface area contributed by atoms with Gasteiger partial charge in [-0.3, -0.25) is 10.1 Å². The van der Waals surface area contributed by atoms with Gasteiger partial charge in [-0.15, -0.1) is 0 Å². The minimum absolute atomic E-state index is 0.0911. The first kappa shape index (κ1) is 30.4. The van der Waals surface area contributed by atoms with E-state index in [1.54, 1.807) is 32.9 Å². The van der Waals surface area contributed by atoms with Gasteiger partial charge >= 0.3 is 12.3 Å². The molecule has 2 aromatic rings. The molecule has 2 aromatic carbocycles. The van der Waals surface area contributed by atoms with Crippen molar-refractivity contribution in [3.63, 3.8) is 0 Å². The van der Waals surface area contributed by atoms with Crippen molar-refractivity contribution in [2.24, 2.45) is 5.92 Å². The normalized spacial score (nSPS) is 19.8. The number of hydrogen-bond acceptors (Lipinski definition) is 5. The number of halogens is 4. The van der Waals surface area contributed by atoms with Crippen molar-refractivity contribution in [3.8, 4) is 0 Å². The fourth-order valence-electron chi connectivity index (χ4n) is 4.49. The van der Waals surface area contributed by atoms with Gasteiger partial charge in [0.15, 0.2) is 0 Å². The summed E-state index contributed by atoms with van der Waals surface area (Å²) in [6.45, 7) is 8.42. The van der Waals surface area contributed by atoms with Gasteiger partial charge in [0.1, 0.15) is 17.5 Å². The zero-order valence-corrected chi connectivity index (χ0v) is 22.6. The number of ether oxygens (including phenoxy) is 1. The first-order chi connectivity index (χ1) is 18.1. The van der Waals surface area contributed by atoms with Crippen molar-refractivity contribution < 1.29 is 37.0 Å². The Labute approximate surface area is 225 Å². The first-order valence-electron chi connectivity index (χ1n) is 12.7. The molecule has 0 saturated carbocycles. The second kappa shape index (κ2) is 11.9. The molecule has 11 heteroatoms. The second-order valence-electron chi connectivity index (χ2n) is 11.0. The molecule has 7 nitrogen and oxygen atoms in total. The number of hydrogen-bond donors (Lipinski definition) is 3. The molecule has 3 N–H and O–H groups in total. The number of nitrogens with zero attached hydrogens (tertiary/aromatic N) is 1. The van der Waals surface area contributed by atoms with Gasteiger partial charge in [-0.2, -0.15) is 13.2 Å². The minimum atomic E-state index is -4.70. The van der Waals surface area contributed by atoms with Crippen molar-refractivity contribution in [3.05, 3.63) is 71.0 Å². The molecule has 4 atom stereocenters. The highest BCUT2D eigenvalue weighted by Crippen LogP contribution is 2.31. The van der Waals surface area contributed by atoms with Gasteiger partial charge < -0.3 is 20.1 Å². The molecule has 1 aliphatic rings. The largest absolute Gasteiger partial charge is 0.444 e. The number of nitrogens with one attached hydrogen (secondary N) is 2. The number of carbonyl (C=O) groups excluding carboxylic acids is 2. The van der Waals surface area contributed by atoms with Crippen molar-refractivity contribution in [1.82, 2.24) is 15.5 Å². The molecular weight excluding hydrogens is 518 g/mol. The maximum absolute atomic E-state index is 14.6. The third-order valence-electron chi connectivity index (χ3n) is 6.34. The zero-order valence-electron chi connectivity index (χ0n) is 22.6. The van der Waals surface area contributed by atoms with Crippen LogP contribution < -0.4 is 10.6 Å². The van der Waals surface area contributed by atoms with Crippen LogP contribution in [0.1, 0.15) is 51.3 Å². The third-order valence-corrected chi connectivity index (χ3v) is 6.34. The highest BCUT2D eigenvalue weighted by molar-refractivity contribution is 5.85. The molecule has 3 rings (SSSR count). The minimum Gasteiger partial charge on any atom is -0.444 e. The smallest absolute Gasteiger partial charge is 0.416 e. The Hall–Kier alpha value is -3.18. The van der Waals surface area contributed by atoms with E-state index in [0.717, 1.165) is 17.7 Å². The molecule has 0 radical (unpaired) electrons. The standard InChI is InChI=1S/C28H35F4N3O4/c1-16(2)24-34-22(25(37)35(24)15-18-11-12-19(14-20(18)29)28(30,31)32)23(36)21(13-17-9-7-6-8-10-17)33-26(38)39-27(3,4)5/h6-12,14,16,21-24,34,36H,13,15H2,1-5H3,(H,33,38)/t21-,22?,23+,24?/m0/s1. The van der Waals surface area contributed by atoms with E-state index in [2.05, 4.69) is 10.6 Å². The van der Waals surface area contributed by atoms with E-state index >= 15 is 0 Å². The van der Waals surface area contributed by atoms with E-state index in [0.29, 0.717) is 6.07 Å². The monoisotopic (exact) mass is 553 g/mol. The number of amides is 2. The van der Waals surface area contributed by atoms with Gasteiger partial charge in [0.25, 0.3) is 0 Å². The summed E-state index contributed by atoms with van der Waals surface area (Å²) in [6.07, 6.45) is -7.33. The Bertz CT molecular complexity index is 1150. The molecule has 1 aliphatic heterocycles. The molecule has 1 heterocycles. The lowest BCUT2D eigenvalue weighted by Crippen LogP contribution is -2.55. The van der Waals surface area contributed by atoms with Crippen LogP contribution in [0.5, 0.6) is 0 Å². The number of aliphatic hydroxyl groups is 1. The van der Waals surface area contributed by atoms with Crippen molar-refractivity contribution in [1.29, 1.82) is 0 Å². The molecule has 2 amide bonds. The van der Waals surface area contributed by atoms with Crippen molar-refractivity contribution in [2.75, 3.05) is 0 Å². The summed E-state index contributed by atoms with van der Waals surface area (Å²) in [5, 5.41) is 17.1. The molecule has 0 bridgehead atoms. The maximum atomic E-state index is 14.6. The molecule has 0 aliphatic carbocycles. The predicted molar refractivity (Wildman–Crippen MR) is 137 cm³/mol. The number of benzene rings is 2. The summed E-state index contributed by atoms with van der Waals surface area (Å²) in [5.74, 6) is -1.84. The van der Waals surface area contributed by atoms with Gasteiger partial charge in [-0.05, 0) is 50.8 Å². The topological polar surface area (TPSA) is 90.9 Å². The lowest BCUT2D eigenvalue weighted by Gasteiger charge is -2.29. The van der Waals surface area contributed by atoms with Crippen LogP contribution in [0.25, 0.3) is 0 Å². The van der Waals surface area contributed by atoms with Gasteiger partial charge in [-0.1, -0.05) is 50.2 Å². The fourth-order valence-corrected chi connectivity index (χ4v) is 4.49. The quantitative estimate of drug-likeness (QED) is 0.415. The first-order valence-corrected chi connectivity index (χ1v) is 12.7. The summed E-state index contributed by atoms with van der Waals surface area (Å²) < 4.78 is 58.9. The lowest BCUT2D eigenvalue weighted by molar-refractivity contribution is -0.138. The molecule has 1 fully saturated rings. The van der Waals surface area contributed by atoms with E-state index in [-0.39, 0.29) is 24.4 Å². The zero-order chi connectivity index (χ0) is 29.1. The molecule has 39 heavy (non-hydrogen) atoms. The average Bonchev–Trinajstić information content (AvgIpc) is 3.14. The van der Waals surface area contributed by atoms with Gasteiger partial charge in [-0.25, -0.2) is 9.18 Å². The summed E-state index contributed by atoms with van der Waals surface area (Å²) in [5.41, 5.74) is -1.21. The van der Waals surface area contributed by atoms with Crippen LogP contribution in [-0.4, -0.2) is 52.0 Å². The number of aliphatic hydroxyl groups excluding tert-OH is 1. The van der Waals surface area contributed by atoms with E-state index in [1.807, 2.05) is 32.0 Å². The van der Waals surface area contributed by atoms with Gasteiger partial charge in [0.2, 0.25) is 5.91 Å². The third kappa shape index (κ3) is 7.92. The second-order valence-corrected chi connectivity index (χ2v) is 11.0. The highest BCUT2D eigenvalue weighted by atomic mass is 19.4. The van der Waals surface area contributed by atoms with Crippen molar-refractivity contribution in [2.45, 2.75) is 83.7 Å². The van der Waals surface area contributed by atoms with Crippen LogP contribution in [0.15, 0.2) is 48.5 Å². The average molecular weight is 554 g/mol. The van der Waals surface area contributed by atoms with E-state index in [4.69, 9.17) is 4.74 Å². The van der Waals surface area contributed by atoms with Crippen LogP contribution >= 0.6 is 0 Å². The Kier molecular flexibility index (Phi) is 9.27. The Morgan fingerprint density at radius 2 is 1.77 bits per heavy atom. The number of rotatable bonds is 8. The lowest BCUT2D eigenvalue weighted by atomic mass is 9.96. The molecular formula is C28H35F4N3O4. The number of alkyl carbamates (subject to hydrolysis) is 1. The van der Waals surface area contributed by atoms with Crippen molar-refractivity contribution >= 4 is 12.0 Å². The predicted octanol–water partition coefficient (Wildman–Crippen LogP) is 4.62. The number of carbonyl (C=O) groups is 2. The van der Waals surface area contributed by atoms with Crippen LogP contribution in [-0.2, 0) is 28.7 Å². The van der Waals surface area contributed by atoms with E-state index < -0.39 is 59.5 Å². The fraction of sp³-hybridized carbons (Fsp3) is 0.500. The van der Waals surface area contributed by atoms with Crippen LogP contribution in [0.4, 0.5) is 22.4 Å². The van der Waals surface area contributed by atoms with E-state index in [9.17, 15) is 32.3 Å². The summed E-state index contributed by atoms with van der Waals surface area (Å²) >= 11 is 0.